The molecule has 0 amide bonds. The number of sulfonamides is 1. The molecule has 0 bridgehead atoms. The first-order valence-corrected chi connectivity index (χ1v) is 12.4. The summed E-state index contributed by atoms with van der Waals surface area (Å²) in [6, 6.07) is 10.3. The van der Waals surface area contributed by atoms with Crippen LogP contribution < -0.4 is 14.5 Å². The van der Waals surface area contributed by atoms with Crippen LogP contribution in [0.5, 0.6) is 0 Å². The molecule has 1 atom stereocenters. The Bertz CT molecular complexity index is 957. The lowest BCUT2D eigenvalue weighted by Crippen LogP contribution is -2.46. The number of benzene rings is 1. The number of aromatic nitrogens is 1. The molecular weight excluding hydrogens is 419 g/mol. The molecule has 168 valence electrons. The van der Waals surface area contributed by atoms with E-state index >= 15 is 0 Å². The van der Waals surface area contributed by atoms with Gasteiger partial charge >= 0.3 is 0 Å². The van der Waals surface area contributed by atoms with Crippen LogP contribution in [-0.2, 0) is 21.3 Å². The number of hydrogen-bond donors (Lipinski definition) is 1. The van der Waals surface area contributed by atoms with Crippen molar-refractivity contribution in [3.63, 3.8) is 0 Å². The SMILES string of the molecule is O=S(=O)(CC1CCCCO1)NCc1ccnc(N2CCN(c3ccc(F)cc3)CC2)c1. The van der Waals surface area contributed by atoms with Gasteiger partial charge in [-0.25, -0.2) is 22.5 Å². The van der Waals surface area contributed by atoms with Gasteiger partial charge in [-0.2, -0.15) is 0 Å². The summed E-state index contributed by atoms with van der Waals surface area (Å²) < 4.78 is 46.2. The maximum Gasteiger partial charge on any atom is 0.214 e. The van der Waals surface area contributed by atoms with E-state index in [1.165, 1.54) is 12.1 Å². The minimum absolute atomic E-state index is 0.0102. The standard InChI is InChI=1S/C22H29FN4O3S/c23-19-4-6-20(7-5-19)26-10-12-27(13-11-26)22-15-18(8-9-24-22)16-25-31(28,29)17-21-3-1-2-14-30-21/h4-9,15,21,25H,1-3,10-14,16-17H2. The fraction of sp³-hybridized carbons (Fsp3) is 0.500. The molecule has 31 heavy (non-hydrogen) atoms. The zero-order valence-corrected chi connectivity index (χ0v) is 18.4. The van der Waals surface area contributed by atoms with Crippen molar-refractivity contribution in [1.82, 2.24) is 9.71 Å². The average molecular weight is 449 g/mol. The van der Waals surface area contributed by atoms with Crippen LogP contribution in [-0.4, -0.2) is 58.0 Å². The van der Waals surface area contributed by atoms with Gasteiger partial charge in [-0.1, -0.05) is 0 Å². The van der Waals surface area contributed by atoms with Gasteiger partial charge in [-0.15, -0.1) is 0 Å². The second-order valence-corrected chi connectivity index (χ2v) is 9.92. The van der Waals surface area contributed by atoms with Gasteiger partial charge in [0.1, 0.15) is 11.6 Å². The maximum absolute atomic E-state index is 13.1. The molecule has 1 N–H and O–H groups in total. The van der Waals surface area contributed by atoms with E-state index in [1.54, 1.807) is 18.3 Å². The highest BCUT2D eigenvalue weighted by Gasteiger charge is 2.22. The Kier molecular flexibility index (Phi) is 7.04. The van der Waals surface area contributed by atoms with Crippen molar-refractivity contribution < 1.29 is 17.5 Å². The van der Waals surface area contributed by atoms with Gasteiger partial charge < -0.3 is 14.5 Å². The molecule has 4 rings (SSSR count). The number of hydrogen-bond acceptors (Lipinski definition) is 6. The lowest BCUT2D eigenvalue weighted by Gasteiger charge is -2.36. The van der Waals surface area contributed by atoms with E-state index < -0.39 is 10.0 Å². The van der Waals surface area contributed by atoms with Crippen molar-refractivity contribution in [3.8, 4) is 0 Å². The van der Waals surface area contributed by atoms with E-state index in [1.807, 2.05) is 12.1 Å². The predicted octanol–water partition coefficient (Wildman–Crippen LogP) is 2.54. The molecule has 9 heteroatoms. The zero-order chi connectivity index (χ0) is 21.7. The second kappa shape index (κ2) is 9.93. The second-order valence-electron chi connectivity index (χ2n) is 8.06. The number of halogens is 1. The summed E-state index contributed by atoms with van der Waals surface area (Å²) in [6.07, 6.45) is 4.32. The molecular formula is C22H29FN4O3S. The van der Waals surface area contributed by atoms with Crippen molar-refractivity contribution in [2.24, 2.45) is 0 Å². The first-order valence-electron chi connectivity index (χ1n) is 10.8. The molecule has 1 unspecified atom stereocenters. The number of nitrogens with one attached hydrogen (secondary N) is 1. The van der Waals surface area contributed by atoms with Crippen molar-refractivity contribution in [3.05, 3.63) is 54.0 Å². The third-order valence-corrected chi connectivity index (χ3v) is 7.18. The van der Waals surface area contributed by atoms with E-state index in [-0.39, 0.29) is 24.2 Å². The molecule has 7 nitrogen and oxygen atoms in total. The monoisotopic (exact) mass is 448 g/mol. The van der Waals surface area contributed by atoms with Crippen LogP contribution in [0.4, 0.5) is 15.9 Å². The van der Waals surface area contributed by atoms with Crippen LogP contribution in [0.1, 0.15) is 24.8 Å². The van der Waals surface area contributed by atoms with Crippen LogP contribution >= 0.6 is 0 Å². The summed E-state index contributed by atoms with van der Waals surface area (Å²) in [5.41, 5.74) is 1.89. The summed E-state index contributed by atoms with van der Waals surface area (Å²) >= 11 is 0. The normalized spacial score (nSPS) is 20.1. The van der Waals surface area contributed by atoms with Crippen LogP contribution in [0.2, 0.25) is 0 Å². The molecule has 2 fully saturated rings. The lowest BCUT2D eigenvalue weighted by atomic mass is 10.1. The Morgan fingerprint density at radius 2 is 1.81 bits per heavy atom. The third kappa shape index (κ3) is 6.15. The summed E-state index contributed by atoms with van der Waals surface area (Å²) in [6.45, 7) is 4.08. The van der Waals surface area contributed by atoms with Crippen molar-refractivity contribution in [1.29, 1.82) is 0 Å². The summed E-state index contributed by atoms with van der Waals surface area (Å²) in [4.78, 5) is 8.88. The number of anilines is 2. The van der Waals surface area contributed by atoms with E-state index in [2.05, 4.69) is 19.5 Å². The highest BCUT2D eigenvalue weighted by Crippen LogP contribution is 2.20. The first-order chi connectivity index (χ1) is 15.0. The van der Waals surface area contributed by atoms with Gasteiger partial charge in [-0.05, 0) is 61.2 Å². The smallest absolute Gasteiger partial charge is 0.214 e. The zero-order valence-electron chi connectivity index (χ0n) is 17.5. The maximum atomic E-state index is 13.1. The topological polar surface area (TPSA) is 74.8 Å². The fourth-order valence-electron chi connectivity index (χ4n) is 4.02. The lowest BCUT2D eigenvalue weighted by molar-refractivity contribution is 0.0304. The average Bonchev–Trinajstić information content (AvgIpc) is 2.79. The number of pyridine rings is 1. The summed E-state index contributed by atoms with van der Waals surface area (Å²) in [5, 5.41) is 0. The first kappa shape index (κ1) is 22.0. The highest BCUT2D eigenvalue weighted by atomic mass is 32.2. The molecule has 0 radical (unpaired) electrons. The third-order valence-electron chi connectivity index (χ3n) is 5.78. The molecule has 2 saturated heterocycles. The number of rotatable bonds is 7. The summed E-state index contributed by atoms with van der Waals surface area (Å²) in [5.74, 6) is 0.618. The fourth-order valence-corrected chi connectivity index (χ4v) is 5.28. The van der Waals surface area contributed by atoms with Gasteiger partial charge in [0.05, 0.1) is 11.9 Å². The van der Waals surface area contributed by atoms with E-state index in [9.17, 15) is 12.8 Å². The van der Waals surface area contributed by atoms with Crippen LogP contribution in [0.25, 0.3) is 0 Å². The highest BCUT2D eigenvalue weighted by molar-refractivity contribution is 7.89. The Balaban J connectivity index is 1.30. The van der Waals surface area contributed by atoms with Crippen LogP contribution in [0.15, 0.2) is 42.6 Å². The molecule has 0 aliphatic carbocycles. The number of nitrogens with zero attached hydrogens (tertiary/aromatic N) is 3. The van der Waals surface area contributed by atoms with Crippen LogP contribution in [0.3, 0.4) is 0 Å². The molecule has 2 aromatic rings. The van der Waals surface area contributed by atoms with E-state index in [0.717, 1.165) is 62.5 Å². The Morgan fingerprint density at radius 1 is 1.06 bits per heavy atom. The minimum atomic E-state index is -3.40. The number of ether oxygens (including phenoxy) is 1. The van der Waals surface area contributed by atoms with Gasteiger partial charge in [0, 0.05) is 51.2 Å². The van der Waals surface area contributed by atoms with E-state index in [4.69, 9.17) is 4.74 Å². The van der Waals surface area contributed by atoms with Gasteiger partial charge in [0.25, 0.3) is 0 Å². The summed E-state index contributed by atoms with van der Waals surface area (Å²) in [7, 11) is -3.40. The van der Waals surface area contributed by atoms with Gasteiger partial charge in [0.15, 0.2) is 0 Å². The van der Waals surface area contributed by atoms with Crippen LogP contribution in [0, 0.1) is 5.82 Å². The molecule has 3 heterocycles. The quantitative estimate of drug-likeness (QED) is 0.702. The van der Waals surface area contributed by atoms with Gasteiger partial charge in [-0.3, -0.25) is 0 Å². The molecule has 1 aromatic carbocycles. The van der Waals surface area contributed by atoms with Crippen molar-refractivity contribution in [2.45, 2.75) is 31.9 Å². The largest absolute Gasteiger partial charge is 0.377 e. The molecule has 0 saturated carbocycles. The molecule has 1 aromatic heterocycles. The Morgan fingerprint density at radius 3 is 2.52 bits per heavy atom. The van der Waals surface area contributed by atoms with Crippen molar-refractivity contribution in [2.75, 3.05) is 48.3 Å². The Labute approximate surface area is 183 Å². The van der Waals surface area contributed by atoms with Crippen molar-refractivity contribution >= 4 is 21.5 Å². The number of piperazine rings is 1. The minimum Gasteiger partial charge on any atom is -0.377 e. The molecule has 2 aliphatic heterocycles. The van der Waals surface area contributed by atoms with E-state index in [0.29, 0.717) is 6.61 Å². The Hall–Kier alpha value is -2.23. The molecule has 2 aliphatic rings. The van der Waals surface area contributed by atoms with Gasteiger partial charge in [0.2, 0.25) is 10.0 Å². The molecule has 0 spiro atoms. The predicted molar refractivity (Wildman–Crippen MR) is 119 cm³/mol.